The molecule has 2 rings (SSSR count). The molecule has 1 amide bonds. The summed E-state index contributed by atoms with van der Waals surface area (Å²) in [4.78, 5) is 12.2. The first kappa shape index (κ1) is 18.2. The van der Waals surface area contributed by atoms with Crippen molar-refractivity contribution in [3.05, 3.63) is 47.3 Å². The third-order valence-corrected chi connectivity index (χ3v) is 3.45. The van der Waals surface area contributed by atoms with Gasteiger partial charge in [0.25, 0.3) is 5.91 Å². The predicted molar refractivity (Wildman–Crippen MR) is 94.1 cm³/mol. The fourth-order valence-electron chi connectivity index (χ4n) is 2.02. The highest BCUT2D eigenvalue weighted by molar-refractivity contribution is 6.02. The van der Waals surface area contributed by atoms with Crippen LogP contribution in [-0.4, -0.2) is 16.7 Å². The van der Waals surface area contributed by atoms with Gasteiger partial charge in [0.15, 0.2) is 11.5 Å². The number of benzene rings is 1. The molecule has 0 aliphatic rings. The van der Waals surface area contributed by atoms with Gasteiger partial charge in [0.1, 0.15) is 6.61 Å². The molecule has 0 aliphatic heterocycles. The minimum Gasteiger partial charge on any atom is -0.368 e. The highest BCUT2D eigenvalue weighted by atomic mass is 16.5. The number of nitrogens with one attached hydrogen (secondary N) is 1. The minimum absolute atomic E-state index is 0.0800. The normalized spacial score (nSPS) is 12.2. The Kier molecular flexibility index (Phi) is 5.13. The second-order valence-electron chi connectivity index (χ2n) is 7.86. The van der Waals surface area contributed by atoms with Crippen LogP contribution >= 0.6 is 0 Å². The summed E-state index contributed by atoms with van der Waals surface area (Å²) in [6.07, 6.45) is 0. The third kappa shape index (κ3) is 5.20. The number of carbonyl (C=O) groups is 1. The van der Waals surface area contributed by atoms with Crippen LogP contribution in [0.3, 0.4) is 0 Å². The Labute approximate surface area is 143 Å². The molecule has 0 saturated carbocycles. The van der Waals surface area contributed by atoms with E-state index in [0.717, 1.165) is 5.69 Å². The summed E-state index contributed by atoms with van der Waals surface area (Å²) in [6.45, 7) is 12.6. The number of nitrogens with zero attached hydrogens (tertiary/aromatic N) is 1. The molecule has 24 heavy (non-hydrogen) atoms. The first-order chi connectivity index (χ1) is 11.0. The molecule has 5 heteroatoms. The van der Waals surface area contributed by atoms with Gasteiger partial charge >= 0.3 is 0 Å². The van der Waals surface area contributed by atoms with Crippen molar-refractivity contribution in [3.8, 4) is 0 Å². The number of hydrogen-bond acceptors (Lipinski definition) is 4. The Bertz CT molecular complexity index is 689. The molecule has 0 spiro atoms. The predicted octanol–water partition coefficient (Wildman–Crippen LogP) is 4.54. The lowest BCUT2D eigenvalue weighted by Gasteiger charge is -2.19. The van der Waals surface area contributed by atoms with Crippen LogP contribution in [0.25, 0.3) is 0 Å². The van der Waals surface area contributed by atoms with Crippen LogP contribution in [0.1, 0.15) is 63.4 Å². The summed E-state index contributed by atoms with van der Waals surface area (Å²) in [5, 5.41) is 6.62. The Morgan fingerprint density at radius 2 is 1.75 bits per heavy atom. The van der Waals surface area contributed by atoms with Crippen molar-refractivity contribution < 1.29 is 14.1 Å². The van der Waals surface area contributed by atoms with Gasteiger partial charge < -0.3 is 14.6 Å². The maximum absolute atomic E-state index is 12.2. The van der Waals surface area contributed by atoms with E-state index in [-0.39, 0.29) is 29.2 Å². The molecule has 130 valence electrons. The average molecular weight is 330 g/mol. The lowest BCUT2D eigenvalue weighted by molar-refractivity contribution is -0.0241. The van der Waals surface area contributed by atoms with Crippen LogP contribution in [0, 0.1) is 0 Å². The van der Waals surface area contributed by atoms with Crippen molar-refractivity contribution in [2.75, 3.05) is 5.32 Å². The molecule has 1 N–H and O–H groups in total. The molecule has 1 heterocycles. The molecular formula is C19H26N2O3. The first-order valence-corrected chi connectivity index (χ1v) is 8.06. The Morgan fingerprint density at radius 1 is 1.12 bits per heavy atom. The van der Waals surface area contributed by atoms with Crippen LogP contribution in [0.4, 0.5) is 5.69 Å². The zero-order chi connectivity index (χ0) is 18.0. The number of hydrogen-bond donors (Lipinski definition) is 1. The molecule has 0 radical (unpaired) electrons. The van der Waals surface area contributed by atoms with Crippen molar-refractivity contribution in [2.45, 2.75) is 59.2 Å². The van der Waals surface area contributed by atoms with Crippen LogP contribution < -0.4 is 5.32 Å². The molecule has 1 aromatic heterocycles. The molecule has 0 saturated heterocycles. The lowest BCUT2D eigenvalue weighted by Crippen LogP contribution is -2.18. The fourth-order valence-corrected chi connectivity index (χ4v) is 2.02. The number of anilines is 1. The van der Waals surface area contributed by atoms with E-state index in [0.29, 0.717) is 5.76 Å². The molecule has 0 unspecified atom stereocenters. The molecule has 2 aromatic rings. The van der Waals surface area contributed by atoms with Gasteiger partial charge in [0, 0.05) is 11.8 Å². The molecule has 0 aliphatic carbocycles. The van der Waals surface area contributed by atoms with Crippen LogP contribution in [0.2, 0.25) is 0 Å². The summed E-state index contributed by atoms with van der Waals surface area (Å²) in [5.41, 5.74) is 1.98. The van der Waals surface area contributed by atoms with Crippen molar-refractivity contribution >= 4 is 11.6 Å². The minimum atomic E-state index is -0.302. The number of aromatic nitrogens is 1. The van der Waals surface area contributed by atoms with Crippen molar-refractivity contribution in [1.82, 2.24) is 5.16 Å². The SMILES string of the molecule is CC(C)(C)OCc1cc(C(=O)Nc2ccc(C(C)(C)C)cc2)no1. The summed E-state index contributed by atoms with van der Waals surface area (Å²) < 4.78 is 10.8. The van der Waals surface area contributed by atoms with E-state index in [2.05, 4.69) is 31.2 Å². The van der Waals surface area contributed by atoms with E-state index in [1.807, 2.05) is 45.0 Å². The standard InChI is InChI=1S/C19H26N2O3/c1-18(2,3)13-7-9-14(10-8-13)20-17(22)16-11-15(24-21-16)12-23-19(4,5)6/h7-11H,12H2,1-6H3,(H,20,22). The zero-order valence-corrected chi connectivity index (χ0v) is 15.3. The highest BCUT2D eigenvalue weighted by Crippen LogP contribution is 2.23. The van der Waals surface area contributed by atoms with Crippen molar-refractivity contribution in [2.24, 2.45) is 0 Å². The Hall–Kier alpha value is -2.14. The van der Waals surface area contributed by atoms with Crippen LogP contribution in [0.5, 0.6) is 0 Å². The van der Waals surface area contributed by atoms with Crippen molar-refractivity contribution in [1.29, 1.82) is 0 Å². The van der Waals surface area contributed by atoms with Crippen LogP contribution in [0.15, 0.2) is 34.9 Å². The Morgan fingerprint density at radius 3 is 2.29 bits per heavy atom. The van der Waals surface area contributed by atoms with E-state index >= 15 is 0 Å². The maximum Gasteiger partial charge on any atom is 0.277 e. The summed E-state index contributed by atoms with van der Waals surface area (Å²) in [6, 6.07) is 9.41. The monoisotopic (exact) mass is 330 g/mol. The molecule has 0 atom stereocenters. The average Bonchev–Trinajstić information content (AvgIpc) is 2.93. The molecular weight excluding hydrogens is 304 g/mol. The summed E-state index contributed by atoms with van der Waals surface area (Å²) in [5.74, 6) is 0.224. The first-order valence-electron chi connectivity index (χ1n) is 8.06. The summed E-state index contributed by atoms with van der Waals surface area (Å²) in [7, 11) is 0. The fraction of sp³-hybridized carbons (Fsp3) is 0.474. The second kappa shape index (κ2) is 6.77. The van der Waals surface area contributed by atoms with Gasteiger partial charge in [-0.25, -0.2) is 0 Å². The largest absolute Gasteiger partial charge is 0.368 e. The molecule has 5 nitrogen and oxygen atoms in total. The molecule has 1 aromatic carbocycles. The lowest BCUT2D eigenvalue weighted by atomic mass is 9.87. The Balaban J connectivity index is 1.99. The van der Waals surface area contributed by atoms with Crippen LogP contribution in [-0.2, 0) is 16.8 Å². The summed E-state index contributed by atoms with van der Waals surface area (Å²) >= 11 is 0. The zero-order valence-electron chi connectivity index (χ0n) is 15.3. The van der Waals surface area contributed by atoms with Gasteiger partial charge in [0.2, 0.25) is 0 Å². The van der Waals surface area contributed by atoms with E-state index in [4.69, 9.17) is 9.26 Å². The van der Waals surface area contributed by atoms with Gasteiger partial charge in [-0.2, -0.15) is 0 Å². The van der Waals surface area contributed by atoms with E-state index in [1.54, 1.807) is 6.07 Å². The van der Waals surface area contributed by atoms with Gasteiger partial charge in [0.05, 0.1) is 5.60 Å². The van der Waals surface area contributed by atoms with Gasteiger partial charge in [-0.15, -0.1) is 0 Å². The maximum atomic E-state index is 12.2. The van der Waals surface area contributed by atoms with E-state index in [9.17, 15) is 4.79 Å². The third-order valence-electron chi connectivity index (χ3n) is 3.45. The molecule has 0 fully saturated rings. The van der Waals surface area contributed by atoms with Crippen molar-refractivity contribution in [3.63, 3.8) is 0 Å². The number of amides is 1. The van der Waals surface area contributed by atoms with Gasteiger partial charge in [-0.1, -0.05) is 38.1 Å². The number of rotatable bonds is 4. The van der Waals surface area contributed by atoms with Gasteiger partial charge in [-0.05, 0) is 43.9 Å². The van der Waals surface area contributed by atoms with Gasteiger partial charge in [-0.3, -0.25) is 4.79 Å². The number of carbonyl (C=O) groups excluding carboxylic acids is 1. The molecule has 0 bridgehead atoms. The number of ether oxygens (including phenoxy) is 1. The van der Waals surface area contributed by atoms with E-state index in [1.165, 1.54) is 5.56 Å². The quantitative estimate of drug-likeness (QED) is 0.894. The second-order valence-corrected chi connectivity index (χ2v) is 7.86. The topological polar surface area (TPSA) is 64.4 Å². The van der Waals surface area contributed by atoms with E-state index < -0.39 is 0 Å². The highest BCUT2D eigenvalue weighted by Gasteiger charge is 2.17. The smallest absolute Gasteiger partial charge is 0.277 e.